The minimum absolute atomic E-state index is 0.197. The molecule has 12 heavy (non-hydrogen) atoms. The highest BCUT2D eigenvalue weighted by Crippen LogP contribution is 2.19. The maximum absolute atomic E-state index is 13.2. The van der Waals surface area contributed by atoms with Crippen molar-refractivity contribution in [3.63, 3.8) is 0 Å². The van der Waals surface area contributed by atoms with Crippen LogP contribution >= 0.6 is 0 Å². The molecule has 1 unspecified atom stereocenters. The van der Waals surface area contributed by atoms with Gasteiger partial charge in [0.05, 0.1) is 0 Å². The zero-order valence-corrected chi connectivity index (χ0v) is 5.99. The number of hydrogen-bond acceptors (Lipinski definition) is 1. The van der Waals surface area contributed by atoms with E-state index in [0.29, 0.717) is 13.1 Å². The molecule has 0 N–H and O–H groups in total. The Bertz CT molecular complexity index is 185. The van der Waals surface area contributed by atoms with Gasteiger partial charge >= 0.3 is 0 Å². The molecule has 0 aliphatic carbocycles. The summed E-state index contributed by atoms with van der Waals surface area (Å²) in [7, 11) is -0.721. The van der Waals surface area contributed by atoms with Gasteiger partial charge < -0.3 is 0 Å². The Labute approximate surface area is 70.6 Å². The normalized spacial score (nSPS) is 21.0. The van der Waals surface area contributed by atoms with Crippen molar-refractivity contribution in [2.75, 3.05) is 13.1 Å². The van der Waals surface area contributed by atoms with Crippen molar-refractivity contribution in [2.45, 2.75) is 19.1 Å². The largest absolute Gasteiger partial charge is 0.273 e. The van der Waals surface area contributed by atoms with Gasteiger partial charge in [-0.05, 0) is 20.7 Å². The van der Waals surface area contributed by atoms with Crippen LogP contribution in [0.2, 0.25) is 0 Å². The zero-order chi connectivity index (χ0) is 9.14. The van der Waals surface area contributed by atoms with Crippen molar-refractivity contribution in [1.29, 1.82) is 0 Å². The number of hydrogen-bond donors (Lipinski definition) is 0. The lowest BCUT2D eigenvalue weighted by atomic mass is 9.95. The molecule has 1 rings (SSSR count). The zero-order valence-electron chi connectivity index (χ0n) is 5.99. The Morgan fingerprint density at radius 1 is 1.25 bits per heavy atom. The molecule has 5 heteroatoms. The highest BCUT2D eigenvalue weighted by molar-refractivity contribution is 6.22. The van der Waals surface area contributed by atoms with Crippen LogP contribution in [0.3, 0.4) is 0 Å². The van der Waals surface area contributed by atoms with E-state index in [-0.39, 0.29) is 5.47 Å². The second-order valence-electron chi connectivity index (χ2n) is 2.48. The molecule has 1 nitrogen and oxygen atoms in total. The molecular formula is C7H12BF3N-. The second-order valence-corrected chi connectivity index (χ2v) is 2.48. The summed E-state index contributed by atoms with van der Waals surface area (Å²) in [4.78, 5) is 1.50. The first-order valence-electron chi connectivity index (χ1n) is 3.53. The van der Waals surface area contributed by atoms with Gasteiger partial charge in [-0.15, -0.1) is 5.47 Å². The Hall–Kier alpha value is -0.445. The van der Waals surface area contributed by atoms with Crippen LogP contribution in [0.25, 0.3) is 0 Å². The van der Waals surface area contributed by atoms with E-state index in [1.807, 2.05) is 0 Å². The van der Waals surface area contributed by atoms with E-state index >= 15 is 0 Å². The fraction of sp³-hybridized carbons (Fsp3) is 0.714. The third-order valence-corrected chi connectivity index (χ3v) is 1.69. The first-order chi connectivity index (χ1) is 5.63. The molecular weight excluding hydrogens is 166 g/mol. The van der Waals surface area contributed by atoms with Crippen LogP contribution in [0.4, 0.5) is 13.2 Å². The molecule has 0 radical (unpaired) electrons. The Kier molecular flexibility index (Phi) is 3.20. The van der Waals surface area contributed by atoms with Crippen LogP contribution in [0, 0.1) is 0 Å². The van der Waals surface area contributed by atoms with E-state index in [9.17, 15) is 13.2 Å². The van der Waals surface area contributed by atoms with Crippen LogP contribution in [-0.4, -0.2) is 32.1 Å². The monoisotopic (exact) mass is 178 g/mol. The molecule has 1 fully saturated rings. The molecule has 70 valence electrons. The van der Waals surface area contributed by atoms with Gasteiger partial charge in [0.2, 0.25) is 6.08 Å². The van der Waals surface area contributed by atoms with Gasteiger partial charge in [0.25, 0.3) is 0 Å². The summed E-state index contributed by atoms with van der Waals surface area (Å²) in [6.07, 6.45) is -1.39. The van der Waals surface area contributed by atoms with Crippen LogP contribution < -0.4 is 0 Å². The van der Waals surface area contributed by atoms with Crippen molar-refractivity contribution >= 4 is 7.85 Å². The number of alkyl halides is 1. The minimum atomic E-state index is -1.78. The van der Waals surface area contributed by atoms with Crippen molar-refractivity contribution in [3.05, 3.63) is 11.6 Å². The molecule has 1 heterocycles. The summed E-state index contributed by atoms with van der Waals surface area (Å²) in [5.74, 6) is 0. The quantitative estimate of drug-likeness (QED) is 0.447. The molecule has 1 saturated heterocycles. The van der Waals surface area contributed by atoms with Gasteiger partial charge in [0, 0.05) is 13.1 Å². The Balaban J connectivity index is 2.57. The van der Waals surface area contributed by atoms with Gasteiger partial charge in [-0.1, -0.05) is 0 Å². The number of nitrogens with zero attached hydrogens (tertiary/aromatic N) is 1. The van der Waals surface area contributed by atoms with Crippen molar-refractivity contribution in [1.82, 2.24) is 4.90 Å². The van der Waals surface area contributed by atoms with E-state index in [1.165, 1.54) is 4.90 Å². The summed E-state index contributed by atoms with van der Waals surface area (Å²) in [5, 5.41) is 0. The Morgan fingerprint density at radius 2 is 1.75 bits per heavy atom. The topological polar surface area (TPSA) is 3.24 Å². The lowest BCUT2D eigenvalue weighted by molar-refractivity contribution is 0.142. The van der Waals surface area contributed by atoms with Crippen LogP contribution in [0.1, 0.15) is 12.8 Å². The predicted octanol–water partition coefficient (Wildman–Crippen LogP) is 0.851. The highest BCUT2D eigenvalue weighted by atomic mass is 19.3. The van der Waals surface area contributed by atoms with Crippen LogP contribution in [-0.2, 0) is 0 Å². The molecule has 0 aromatic heterocycles. The standard InChI is InChI=1S/C7H12BF3N/c8-5(6(9)10)7(11)12-3-1-2-4-12/h7H,1-4H2,8H3/q-1. The summed E-state index contributed by atoms with van der Waals surface area (Å²) in [6.45, 7) is 1.26. The third-order valence-electron chi connectivity index (χ3n) is 1.69. The first-order valence-corrected chi connectivity index (χ1v) is 3.53. The molecule has 0 bridgehead atoms. The maximum atomic E-state index is 13.2. The van der Waals surface area contributed by atoms with Gasteiger partial charge in [-0.3, -0.25) is 4.90 Å². The fourth-order valence-corrected chi connectivity index (χ4v) is 1.15. The van der Waals surface area contributed by atoms with Crippen LogP contribution in [0.15, 0.2) is 11.6 Å². The molecule has 0 saturated carbocycles. The molecule has 0 amide bonds. The third kappa shape index (κ3) is 2.03. The predicted molar refractivity (Wildman–Crippen MR) is 44.9 cm³/mol. The summed E-state index contributed by atoms with van der Waals surface area (Å²) in [5.41, 5.74) is -0.197. The highest BCUT2D eigenvalue weighted by Gasteiger charge is 2.21. The first kappa shape index (κ1) is 9.64. The van der Waals surface area contributed by atoms with Crippen LogP contribution in [0.5, 0.6) is 0 Å². The van der Waals surface area contributed by atoms with Gasteiger partial charge in [0.1, 0.15) is 6.30 Å². The number of rotatable bonds is 2. The molecule has 1 aliphatic rings. The smallest absolute Gasteiger partial charge is 0.234 e. The van der Waals surface area contributed by atoms with E-state index in [4.69, 9.17) is 0 Å². The average Bonchev–Trinajstić information content (AvgIpc) is 2.53. The minimum Gasteiger partial charge on any atom is -0.273 e. The molecule has 1 atom stereocenters. The lowest BCUT2D eigenvalue weighted by Gasteiger charge is -2.22. The molecule has 0 aromatic carbocycles. The summed E-state index contributed by atoms with van der Waals surface area (Å²) in [6, 6.07) is 0. The average molecular weight is 178 g/mol. The fourth-order valence-electron chi connectivity index (χ4n) is 1.15. The van der Waals surface area contributed by atoms with Crippen molar-refractivity contribution in [3.8, 4) is 0 Å². The lowest BCUT2D eigenvalue weighted by Crippen LogP contribution is -2.31. The molecule has 0 aromatic rings. The number of halogens is 3. The van der Waals surface area contributed by atoms with E-state index in [0.717, 1.165) is 12.8 Å². The van der Waals surface area contributed by atoms with Gasteiger partial charge in [0.15, 0.2) is 0 Å². The molecule has 1 aliphatic heterocycles. The summed E-state index contributed by atoms with van der Waals surface area (Å²) < 4.78 is 37.2. The second kappa shape index (κ2) is 3.98. The van der Waals surface area contributed by atoms with E-state index in [1.54, 1.807) is 0 Å². The SMILES string of the molecule is [BH3-]C(=C(F)F)C(F)N1CCCC1. The summed E-state index contributed by atoms with van der Waals surface area (Å²) >= 11 is 0. The van der Waals surface area contributed by atoms with E-state index < -0.39 is 20.2 Å². The Morgan fingerprint density at radius 3 is 2.17 bits per heavy atom. The number of likely N-dealkylation sites (tertiary alicyclic amines) is 1. The van der Waals surface area contributed by atoms with Gasteiger partial charge in [-0.2, -0.15) is 8.78 Å². The molecule has 0 spiro atoms. The van der Waals surface area contributed by atoms with Gasteiger partial charge in [-0.25, -0.2) is 4.39 Å². The maximum Gasteiger partial charge on any atom is 0.234 e. The van der Waals surface area contributed by atoms with Crippen molar-refractivity contribution < 1.29 is 13.2 Å². The van der Waals surface area contributed by atoms with Crippen molar-refractivity contribution in [2.24, 2.45) is 0 Å². The van der Waals surface area contributed by atoms with E-state index in [2.05, 4.69) is 0 Å².